The van der Waals surface area contributed by atoms with Gasteiger partial charge in [0.2, 0.25) is 0 Å². The van der Waals surface area contributed by atoms with Crippen molar-refractivity contribution in [2.45, 2.75) is 0 Å². The summed E-state index contributed by atoms with van der Waals surface area (Å²) in [5.74, 6) is -1.58. The number of rotatable bonds is 6. The number of nitrogens with zero attached hydrogens (tertiary/aromatic N) is 1. The molecule has 0 bridgehead atoms. The molecule has 3 rings (SSSR count). The van der Waals surface area contributed by atoms with E-state index in [1.54, 1.807) is 6.07 Å². The Hall–Kier alpha value is -3.22. The van der Waals surface area contributed by atoms with Crippen LogP contribution < -0.4 is 15.0 Å². The minimum absolute atomic E-state index is 0.0264. The summed E-state index contributed by atoms with van der Waals surface area (Å²) in [6.07, 6.45) is 1.50. The Bertz CT molecular complexity index is 955. The zero-order valence-corrected chi connectivity index (χ0v) is 13.5. The summed E-state index contributed by atoms with van der Waals surface area (Å²) in [5.41, 5.74) is 0.166. The molecule has 7 heteroatoms. The Balaban J connectivity index is 1.59. The van der Waals surface area contributed by atoms with Gasteiger partial charge >= 0.3 is 0 Å². The Morgan fingerprint density at radius 1 is 0.808 bits per heavy atom. The molecule has 134 valence electrons. The maximum Gasteiger partial charge on any atom is 0.258 e. The maximum absolute atomic E-state index is 13.4. The van der Waals surface area contributed by atoms with Crippen LogP contribution in [0.1, 0.15) is 0 Å². The van der Waals surface area contributed by atoms with Gasteiger partial charge in [0.15, 0.2) is 11.6 Å². The molecule has 1 aromatic heterocycles. The van der Waals surface area contributed by atoms with Crippen molar-refractivity contribution in [2.75, 3.05) is 13.2 Å². The van der Waals surface area contributed by atoms with Crippen LogP contribution in [0.15, 0.2) is 65.6 Å². The van der Waals surface area contributed by atoms with Gasteiger partial charge in [-0.2, -0.15) is 0 Å². The fourth-order valence-corrected chi connectivity index (χ4v) is 2.26. The normalized spacial score (nSPS) is 10.6. The highest BCUT2D eigenvalue weighted by atomic mass is 19.1. The third-order valence-electron chi connectivity index (χ3n) is 3.50. The second-order valence-corrected chi connectivity index (χ2v) is 5.32. The van der Waals surface area contributed by atoms with E-state index in [2.05, 4.69) is 0 Å². The van der Waals surface area contributed by atoms with E-state index in [-0.39, 0.29) is 24.5 Å². The van der Waals surface area contributed by atoms with E-state index in [9.17, 15) is 18.0 Å². The Kier molecular flexibility index (Phi) is 5.26. The Morgan fingerprint density at radius 2 is 1.50 bits per heavy atom. The molecule has 0 atom stereocenters. The standard InChI is InChI=1S/C19H14F3NO3/c20-13-1-4-15(5-2-13)23-8-7-16(12-19(23)24)25-9-10-26-18-11-14(21)3-6-17(18)22/h1-8,11-12H,9-10H2. The van der Waals surface area contributed by atoms with Crippen molar-refractivity contribution < 1.29 is 22.6 Å². The van der Waals surface area contributed by atoms with E-state index in [1.807, 2.05) is 0 Å². The number of aromatic nitrogens is 1. The summed E-state index contributed by atoms with van der Waals surface area (Å²) in [7, 11) is 0. The second kappa shape index (κ2) is 7.77. The topological polar surface area (TPSA) is 40.5 Å². The molecule has 0 fully saturated rings. The fraction of sp³-hybridized carbons (Fsp3) is 0.105. The van der Waals surface area contributed by atoms with Crippen LogP contribution in [-0.4, -0.2) is 17.8 Å². The minimum atomic E-state index is -0.673. The molecule has 3 aromatic rings. The van der Waals surface area contributed by atoms with Gasteiger partial charge in [-0.15, -0.1) is 0 Å². The van der Waals surface area contributed by atoms with Crippen LogP contribution in [0.5, 0.6) is 11.5 Å². The van der Waals surface area contributed by atoms with Gasteiger partial charge in [0, 0.05) is 24.0 Å². The molecular formula is C19H14F3NO3. The van der Waals surface area contributed by atoms with Crippen molar-refractivity contribution in [2.24, 2.45) is 0 Å². The van der Waals surface area contributed by atoms with E-state index < -0.39 is 17.5 Å². The van der Waals surface area contributed by atoms with Gasteiger partial charge in [0.25, 0.3) is 5.56 Å². The van der Waals surface area contributed by atoms with Crippen molar-refractivity contribution in [1.29, 1.82) is 0 Å². The van der Waals surface area contributed by atoms with Crippen molar-refractivity contribution in [1.82, 2.24) is 4.57 Å². The SMILES string of the molecule is O=c1cc(OCCOc2cc(F)ccc2F)ccn1-c1ccc(F)cc1. The Labute approximate surface area is 147 Å². The molecule has 0 radical (unpaired) electrons. The van der Waals surface area contributed by atoms with Crippen molar-refractivity contribution in [3.05, 3.63) is 88.6 Å². The number of benzene rings is 2. The molecule has 26 heavy (non-hydrogen) atoms. The molecule has 0 N–H and O–H groups in total. The summed E-state index contributed by atoms with van der Waals surface area (Å²) in [5, 5.41) is 0. The van der Waals surface area contributed by atoms with Crippen molar-refractivity contribution in [3.8, 4) is 17.2 Å². The smallest absolute Gasteiger partial charge is 0.258 e. The molecule has 2 aromatic carbocycles. The molecule has 0 aliphatic heterocycles. The first-order chi connectivity index (χ1) is 12.5. The van der Waals surface area contributed by atoms with Crippen LogP contribution in [0.2, 0.25) is 0 Å². The highest BCUT2D eigenvalue weighted by Crippen LogP contribution is 2.18. The molecule has 0 spiro atoms. The molecule has 0 amide bonds. The molecule has 1 heterocycles. The lowest BCUT2D eigenvalue weighted by molar-refractivity contribution is 0.210. The highest BCUT2D eigenvalue weighted by Gasteiger charge is 2.06. The van der Waals surface area contributed by atoms with Crippen LogP contribution in [0.4, 0.5) is 13.2 Å². The van der Waals surface area contributed by atoms with E-state index in [0.717, 1.165) is 18.2 Å². The molecular weight excluding hydrogens is 347 g/mol. The van der Waals surface area contributed by atoms with Gasteiger partial charge < -0.3 is 9.47 Å². The van der Waals surface area contributed by atoms with Crippen molar-refractivity contribution in [3.63, 3.8) is 0 Å². The first-order valence-corrected chi connectivity index (χ1v) is 7.72. The summed E-state index contributed by atoms with van der Waals surface area (Å²) in [6.45, 7) is 0.0113. The predicted octanol–water partition coefficient (Wildman–Crippen LogP) is 3.71. The van der Waals surface area contributed by atoms with Crippen LogP contribution in [0, 0.1) is 17.5 Å². The summed E-state index contributed by atoms with van der Waals surface area (Å²) < 4.78 is 51.2. The lowest BCUT2D eigenvalue weighted by atomic mass is 10.3. The number of hydrogen-bond acceptors (Lipinski definition) is 3. The Morgan fingerprint density at radius 3 is 2.23 bits per heavy atom. The zero-order chi connectivity index (χ0) is 18.5. The summed E-state index contributed by atoms with van der Waals surface area (Å²) in [4.78, 5) is 12.1. The van der Waals surface area contributed by atoms with Crippen LogP contribution in [-0.2, 0) is 0 Å². The lowest BCUT2D eigenvalue weighted by Gasteiger charge is -2.10. The van der Waals surface area contributed by atoms with Gasteiger partial charge in [0.05, 0.1) is 0 Å². The van der Waals surface area contributed by atoms with E-state index in [1.165, 1.54) is 41.1 Å². The first-order valence-electron chi connectivity index (χ1n) is 7.72. The third-order valence-corrected chi connectivity index (χ3v) is 3.50. The first kappa shape index (κ1) is 17.6. The zero-order valence-electron chi connectivity index (χ0n) is 13.5. The van der Waals surface area contributed by atoms with E-state index in [4.69, 9.17) is 9.47 Å². The molecule has 0 aliphatic rings. The predicted molar refractivity (Wildman–Crippen MR) is 89.3 cm³/mol. The average Bonchev–Trinajstić information content (AvgIpc) is 2.62. The molecule has 0 aliphatic carbocycles. The molecule has 0 saturated carbocycles. The van der Waals surface area contributed by atoms with Crippen molar-refractivity contribution >= 4 is 0 Å². The highest BCUT2D eigenvalue weighted by molar-refractivity contribution is 5.34. The van der Waals surface area contributed by atoms with Crippen LogP contribution in [0.25, 0.3) is 5.69 Å². The minimum Gasteiger partial charge on any atom is -0.490 e. The van der Waals surface area contributed by atoms with Crippen LogP contribution >= 0.6 is 0 Å². The quantitative estimate of drug-likeness (QED) is 0.629. The summed E-state index contributed by atoms with van der Waals surface area (Å²) >= 11 is 0. The molecule has 4 nitrogen and oxygen atoms in total. The molecule has 0 saturated heterocycles. The third kappa shape index (κ3) is 4.24. The van der Waals surface area contributed by atoms with Gasteiger partial charge in [0.1, 0.15) is 30.6 Å². The summed E-state index contributed by atoms with van der Waals surface area (Å²) in [6, 6.07) is 11.2. The van der Waals surface area contributed by atoms with Gasteiger partial charge in [-0.1, -0.05) is 0 Å². The van der Waals surface area contributed by atoms with Gasteiger partial charge in [-0.3, -0.25) is 9.36 Å². The average molecular weight is 361 g/mol. The van der Waals surface area contributed by atoms with Crippen LogP contribution in [0.3, 0.4) is 0 Å². The van der Waals surface area contributed by atoms with Gasteiger partial charge in [-0.25, -0.2) is 13.2 Å². The number of ether oxygens (including phenoxy) is 2. The number of hydrogen-bond donors (Lipinski definition) is 0. The van der Waals surface area contributed by atoms with E-state index in [0.29, 0.717) is 11.4 Å². The van der Waals surface area contributed by atoms with Gasteiger partial charge in [-0.05, 0) is 42.5 Å². The largest absolute Gasteiger partial charge is 0.490 e. The van der Waals surface area contributed by atoms with E-state index >= 15 is 0 Å². The molecule has 0 unspecified atom stereocenters. The number of halogens is 3. The fourth-order valence-electron chi connectivity index (χ4n) is 2.26. The lowest BCUT2D eigenvalue weighted by Crippen LogP contribution is -2.17. The number of pyridine rings is 1. The maximum atomic E-state index is 13.4. The monoisotopic (exact) mass is 361 g/mol. The second-order valence-electron chi connectivity index (χ2n) is 5.32.